The minimum Gasteiger partial charge on any atom is -0.396 e. The van der Waals surface area contributed by atoms with Crippen molar-refractivity contribution in [1.82, 2.24) is 4.72 Å². The average Bonchev–Trinajstić information content (AvgIpc) is 2.42. The van der Waals surface area contributed by atoms with Gasteiger partial charge in [0, 0.05) is 18.9 Å². The lowest BCUT2D eigenvalue weighted by Gasteiger charge is -2.08. The number of halogens is 1. The van der Waals surface area contributed by atoms with E-state index in [9.17, 15) is 12.8 Å². The van der Waals surface area contributed by atoms with E-state index in [2.05, 4.69) is 4.72 Å². The molecule has 1 aromatic rings. The molecule has 0 amide bonds. The van der Waals surface area contributed by atoms with Crippen molar-refractivity contribution in [3.05, 3.63) is 29.6 Å². The van der Waals surface area contributed by atoms with Gasteiger partial charge in [0.2, 0.25) is 10.0 Å². The summed E-state index contributed by atoms with van der Waals surface area (Å²) in [6.45, 7) is 0.285. The molecular weight excluding hydrogens is 303 g/mol. The molecule has 0 bridgehead atoms. The zero-order chi connectivity index (χ0) is 15.0. The van der Waals surface area contributed by atoms with E-state index < -0.39 is 21.4 Å². The molecule has 0 spiro atoms. The van der Waals surface area contributed by atoms with E-state index in [1.54, 1.807) is 6.07 Å². The van der Waals surface area contributed by atoms with Gasteiger partial charge in [0.15, 0.2) is 0 Å². The summed E-state index contributed by atoms with van der Waals surface area (Å²) in [6, 6.07) is 5.05. The van der Waals surface area contributed by atoms with Gasteiger partial charge in [-0.15, -0.1) is 0 Å². The Labute approximate surface area is 121 Å². The monoisotopic (exact) mass is 318 g/mol. The lowest BCUT2D eigenvalue weighted by Crippen LogP contribution is -2.27. The Morgan fingerprint density at radius 1 is 1.40 bits per heavy atom. The number of hydrogen-bond donors (Lipinski definition) is 2. The van der Waals surface area contributed by atoms with Gasteiger partial charge < -0.3 is 5.11 Å². The lowest BCUT2D eigenvalue weighted by atomic mass is 10.2. The fraction of sp³-hybridized carbons (Fsp3) is 0.417. The minimum absolute atomic E-state index is 0.105. The maximum atomic E-state index is 13.4. The molecule has 0 fully saturated rings. The first-order valence-corrected chi connectivity index (χ1v) is 8.53. The van der Waals surface area contributed by atoms with Crippen molar-refractivity contribution < 1.29 is 17.9 Å². The summed E-state index contributed by atoms with van der Waals surface area (Å²) < 4.78 is 39.6. The highest BCUT2D eigenvalue weighted by Crippen LogP contribution is 2.17. The molecule has 8 heteroatoms. The minimum atomic E-state index is -3.89. The van der Waals surface area contributed by atoms with Crippen LogP contribution < -0.4 is 4.72 Å². The summed E-state index contributed by atoms with van der Waals surface area (Å²) in [7, 11) is -3.89. The summed E-state index contributed by atoms with van der Waals surface area (Å²) in [5, 5.41) is 17.4. The second-order valence-electron chi connectivity index (χ2n) is 3.81. The molecule has 0 aliphatic heterocycles. The van der Waals surface area contributed by atoms with Gasteiger partial charge in [0.05, 0.1) is 0 Å². The normalized spacial score (nSPS) is 11.2. The molecule has 0 radical (unpaired) electrons. The van der Waals surface area contributed by atoms with Gasteiger partial charge in [-0.05, 0) is 24.3 Å². The Morgan fingerprint density at radius 2 is 2.15 bits per heavy atom. The second kappa shape index (κ2) is 8.21. The van der Waals surface area contributed by atoms with E-state index in [1.807, 2.05) is 0 Å². The molecule has 0 saturated carbocycles. The number of nitrogens with one attached hydrogen (secondary N) is 1. The molecular formula is C12H15FN2O3S2. The number of nitrogens with zero attached hydrogens (tertiary/aromatic N) is 1. The number of rotatable bonds is 8. The lowest BCUT2D eigenvalue weighted by molar-refractivity contribution is 0.296. The molecule has 0 aliphatic carbocycles. The van der Waals surface area contributed by atoms with Crippen LogP contribution in [0.5, 0.6) is 0 Å². The number of benzene rings is 1. The first-order chi connectivity index (χ1) is 9.53. The molecule has 1 aromatic carbocycles. The Bertz CT molecular complexity index is 585. The van der Waals surface area contributed by atoms with E-state index >= 15 is 0 Å². The van der Waals surface area contributed by atoms with Gasteiger partial charge in [-0.3, -0.25) is 0 Å². The number of aliphatic hydroxyl groups is 1. The van der Waals surface area contributed by atoms with Crippen molar-refractivity contribution >= 4 is 21.8 Å². The Morgan fingerprint density at radius 3 is 2.80 bits per heavy atom. The van der Waals surface area contributed by atoms with Crippen molar-refractivity contribution in [2.75, 3.05) is 24.7 Å². The third kappa shape index (κ3) is 4.76. The van der Waals surface area contributed by atoms with Crippen molar-refractivity contribution in [3.8, 4) is 6.07 Å². The molecule has 0 atom stereocenters. The van der Waals surface area contributed by atoms with Crippen LogP contribution in [0.2, 0.25) is 0 Å². The van der Waals surface area contributed by atoms with Gasteiger partial charge >= 0.3 is 0 Å². The van der Waals surface area contributed by atoms with Crippen molar-refractivity contribution in [2.45, 2.75) is 11.3 Å². The first-order valence-electron chi connectivity index (χ1n) is 5.90. The van der Waals surface area contributed by atoms with Crippen LogP contribution in [0.1, 0.15) is 12.0 Å². The summed E-state index contributed by atoms with van der Waals surface area (Å²) in [4.78, 5) is -0.347. The molecule has 0 aliphatic rings. The van der Waals surface area contributed by atoms with Crippen LogP contribution in [-0.2, 0) is 10.0 Å². The smallest absolute Gasteiger partial charge is 0.242 e. The summed E-state index contributed by atoms with van der Waals surface area (Å²) in [5.74, 6) is 0.422. The fourth-order valence-electron chi connectivity index (χ4n) is 1.43. The van der Waals surface area contributed by atoms with E-state index in [-0.39, 0.29) is 18.0 Å². The molecule has 0 saturated heterocycles. The van der Waals surface area contributed by atoms with Gasteiger partial charge in [0.25, 0.3) is 0 Å². The Kier molecular flexibility index (Phi) is 6.95. The Balaban J connectivity index is 2.66. The highest BCUT2D eigenvalue weighted by atomic mass is 32.2. The fourth-order valence-corrected chi connectivity index (χ4v) is 3.54. The van der Waals surface area contributed by atoms with Crippen LogP contribution in [0, 0.1) is 17.1 Å². The van der Waals surface area contributed by atoms with Crippen LogP contribution in [0.3, 0.4) is 0 Å². The van der Waals surface area contributed by atoms with E-state index in [4.69, 9.17) is 10.4 Å². The maximum Gasteiger partial charge on any atom is 0.242 e. The predicted molar refractivity (Wildman–Crippen MR) is 75.3 cm³/mol. The molecule has 20 heavy (non-hydrogen) atoms. The van der Waals surface area contributed by atoms with Crippen LogP contribution in [-0.4, -0.2) is 38.2 Å². The molecule has 0 unspecified atom stereocenters. The second-order valence-corrected chi connectivity index (χ2v) is 6.77. The van der Waals surface area contributed by atoms with Crippen molar-refractivity contribution in [2.24, 2.45) is 0 Å². The molecule has 5 nitrogen and oxygen atoms in total. The topological polar surface area (TPSA) is 90.2 Å². The maximum absolute atomic E-state index is 13.4. The third-order valence-electron chi connectivity index (χ3n) is 2.36. The first kappa shape index (κ1) is 16.9. The Hall–Kier alpha value is -1.14. The molecule has 0 aromatic heterocycles. The highest BCUT2D eigenvalue weighted by molar-refractivity contribution is 7.99. The standard InChI is InChI=1S/C12H15FN2O3S2/c13-11-3-1-4-12(10(11)9-14)20(17,18)15-5-8-19-7-2-6-16/h1,3-4,15-16H,2,5-8H2. The summed E-state index contributed by atoms with van der Waals surface area (Å²) >= 11 is 1.50. The average molecular weight is 318 g/mol. The van der Waals surface area contributed by atoms with Gasteiger partial charge in [-0.1, -0.05) is 6.07 Å². The van der Waals surface area contributed by atoms with E-state index in [1.165, 1.54) is 23.9 Å². The number of hydrogen-bond acceptors (Lipinski definition) is 5. The van der Waals surface area contributed by atoms with Crippen LogP contribution >= 0.6 is 11.8 Å². The van der Waals surface area contributed by atoms with E-state index in [0.29, 0.717) is 12.2 Å². The number of sulfonamides is 1. The molecule has 1 rings (SSSR count). The summed E-state index contributed by atoms with van der Waals surface area (Å²) in [5.41, 5.74) is -0.479. The SMILES string of the molecule is N#Cc1c(F)cccc1S(=O)(=O)NCCSCCCO. The van der Waals surface area contributed by atoms with Gasteiger partial charge in [-0.2, -0.15) is 17.0 Å². The summed E-state index contributed by atoms with van der Waals surface area (Å²) in [6.07, 6.45) is 0.653. The zero-order valence-corrected chi connectivity index (χ0v) is 12.3. The third-order valence-corrected chi connectivity index (χ3v) is 4.94. The molecule has 0 heterocycles. The quantitative estimate of drug-likeness (QED) is 0.700. The van der Waals surface area contributed by atoms with Gasteiger partial charge in [0.1, 0.15) is 22.3 Å². The van der Waals surface area contributed by atoms with Crippen LogP contribution in [0.4, 0.5) is 4.39 Å². The number of nitriles is 1. The molecule has 2 N–H and O–H groups in total. The largest absolute Gasteiger partial charge is 0.396 e. The number of thioether (sulfide) groups is 1. The van der Waals surface area contributed by atoms with Gasteiger partial charge in [-0.25, -0.2) is 17.5 Å². The van der Waals surface area contributed by atoms with Crippen molar-refractivity contribution in [1.29, 1.82) is 5.26 Å². The highest BCUT2D eigenvalue weighted by Gasteiger charge is 2.20. The predicted octanol–water partition coefficient (Wildman–Crippen LogP) is 1.09. The van der Waals surface area contributed by atoms with Crippen LogP contribution in [0.25, 0.3) is 0 Å². The molecule has 110 valence electrons. The number of aliphatic hydroxyl groups excluding tert-OH is 1. The zero-order valence-electron chi connectivity index (χ0n) is 10.7. The van der Waals surface area contributed by atoms with Crippen LogP contribution in [0.15, 0.2) is 23.1 Å². The van der Waals surface area contributed by atoms with E-state index in [0.717, 1.165) is 11.8 Å². The van der Waals surface area contributed by atoms with Crippen molar-refractivity contribution in [3.63, 3.8) is 0 Å².